The number of methoxy groups -OCH3 is 1. The number of hydrogen-bond acceptors (Lipinski definition) is 3. The molecule has 0 spiro atoms. The molecule has 20 heavy (non-hydrogen) atoms. The van der Waals surface area contributed by atoms with Crippen LogP contribution in [0.5, 0.6) is 11.5 Å². The van der Waals surface area contributed by atoms with Crippen molar-refractivity contribution < 1.29 is 14.6 Å². The highest BCUT2D eigenvalue weighted by Crippen LogP contribution is 2.41. The molecule has 0 radical (unpaired) electrons. The van der Waals surface area contributed by atoms with Crippen LogP contribution in [0.4, 0.5) is 0 Å². The van der Waals surface area contributed by atoms with E-state index in [-0.39, 0.29) is 6.10 Å². The van der Waals surface area contributed by atoms with Crippen LogP contribution in [0.1, 0.15) is 29.8 Å². The van der Waals surface area contributed by atoms with E-state index in [9.17, 15) is 5.11 Å². The normalized spacial score (nSPS) is 20.9. The predicted octanol–water partition coefficient (Wildman–Crippen LogP) is 4.01. The van der Waals surface area contributed by atoms with Gasteiger partial charge in [-0.3, -0.25) is 0 Å². The summed E-state index contributed by atoms with van der Waals surface area (Å²) in [6.07, 6.45) is -0.0941. The van der Waals surface area contributed by atoms with Crippen LogP contribution in [0.25, 0.3) is 0 Å². The Hall–Kier alpha value is -1.52. The molecule has 0 fully saturated rings. The number of benzene rings is 2. The highest BCUT2D eigenvalue weighted by Gasteiger charge is 2.28. The maximum Gasteiger partial charge on any atom is 0.127 e. The molecule has 104 valence electrons. The summed E-state index contributed by atoms with van der Waals surface area (Å²) >= 11 is 3.41. The maximum absolute atomic E-state index is 10.3. The molecule has 0 aliphatic carbocycles. The number of hydrogen-bond donors (Lipinski definition) is 1. The zero-order chi connectivity index (χ0) is 14.1. The summed E-state index contributed by atoms with van der Waals surface area (Å²) < 4.78 is 12.1. The van der Waals surface area contributed by atoms with Gasteiger partial charge in [0.2, 0.25) is 0 Å². The van der Waals surface area contributed by atoms with Crippen molar-refractivity contribution in [2.45, 2.75) is 18.6 Å². The summed E-state index contributed by atoms with van der Waals surface area (Å²) in [6.45, 7) is 0. The number of aliphatic hydroxyl groups excluding tert-OH is 1. The van der Waals surface area contributed by atoms with Gasteiger partial charge in [0.15, 0.2) is 0 Å². The minimum absolute atomic E-state index is 0.135. The molecular formula is C16H15BrO3. The molecular weight excluding hydrogens is 320 g/mol. The third-order valence-corrected chi connectivity index (χ3v) is 4.02. The smallest absolute Gasteiger partial charge is 0.127 e. The zero-order valence-corrected chi connectivity index (χ0v) is 12.6. The van der Waals surface area contributed by atoms with Gasteiger partial charge in [-0.15, -0.1) is 0 Å². The van der Waals surface area contributed by atoms with Crippen molar-refractivity contribution in [3.05, 3.63) is 58.1 Å². The molecule has 2 atom stereocenters. The standard InChI is InChI=1S/C16H15BrO3/c1-19-12-5-2-10(3-6-12)16-9-14(18)13-8-11(17)4-7-15(13)20-16/h2-8,14,16,18H,9H2,1H3/t14-,16?/m1/s1. The molecule has 2 aromatic carbocycles. The summed E-state index contributed by atoms with van der Waals surface area (Å²) in [7, 11) is 1.64. The molecule has 0 amide bonds. The van der Waals surface area contributed by atoms with E-state index < -0.39 is 6.10 Å². The quantitative estimate of drug-likeness (QED) is 0.901. The fourth-order valence-corrected chi connectivity index (χ4v) is 2.82. The van der Waals surface area contributed by atoms with E-state index in [1.54, 1.807) is 7.11 Å². The van der Waals surface area contributed by atoms with E-state index in [1.165, 1.54) is 0 Å². The second-order valence-electron chi connectivity index (χ2n) is 4.81. The van der Waals surface area contributed by atoms with Gasteiger partial charge in [-0.25, -0.2) is 0 Å². The Balaban J connectivity index is 1.88. The van der Waals surface area contributed by atoms with Crippen molar-refractivity contribution in [3.63, 3.8) is 0 Å². The average Bonchev–Trinajstić information content (AvgIpc) is 2.48. The summed E-state index contributed by atoms with van der Waals surface area (Å²) in [4.78, 5) is 0. The fourth-order valence-electron chi connectivity index (χ4n) is 2.44. The lowest BCUT2D eigenvalue weighted by molar-refractivity contribution is 0.0656. The zero-order valence-electron chi connectivity index (χ0n) is 11.0. The lowest BCUT2D eigenvalue weighted by Crippen LogP contribution is -2.19. The number of aliphatic hydroxyl groups is 1. The van der Waals surface area contributed by atoms with Gasteiger partial charge in [0.1, 0.15) is 17.6 Å². The fraction of sp³-hybridized carbons (Fsp3) is 0.250. The van der Waals surface area contributed by atoms with E-state index in [1.807, 2.05) is 42.5 Å². The van der Waals surface area contributed by atoms with Gasteiger partial charge in [0.05, 0.1) is 13.2 Å². The Morgan fingerprint density at radius 3 is 2.65 bits per heavy atom. The highest BCUT2D eigenvalue weighted by molar-refractivity contribution is 9.10. The molecule has 0 aromatic heterocycles. The van der Waals surface area contributed by atoms with Gasteiger partial charge in [0, 0.05) is 16.5 Å². The van der Waals surface area contributed by atoms with Gasteiger partial charge >= 0.3 is 0 Å². The summed E-state index contributed by atoms with van der Waals surface area (Å²) in [5.74, 6) is 1.56. The molecule has 3 rings (SSSR count). The number of halogens is 1. The predicted molar refractivity (Wildman–Crippen MR) is 80.1 cm³/mol. The van der Waals surface area contributed by atoms with Crippen molar-refractivity contribution in [1.82, 2.24) is 0 Å². The highest BCUT2D eigenvalue weighted by atomic mass is 79.9. The molecule has 1 unspecified atom stereocenters. The van der Waals surface area contributed by atoms with E-state index in [0.717, 1.165) is 27.1 Å². The first-order valence-corrected chi connectivity index (χ1v) is 7.25. The van der Waals surface area contributed by atoms with Crippen LogP contribution in [0.3, 0.4) is 0 Å². The minimum atomic E-state index is -0.511. The summed E-state index contributed by atoms with van der Waals surface area (Å²) in [6, 6.07) is 13.5. The number of fused-ring (bicyclic) bond motifs is 1. The molecule has 0 saturated carbocycles. The molecule has 0 saturated heterocycles. The summed E-state index contributed by atoms with van der Waals surface area (Å²) in [5.41, 5.74) is 1.88. The average molecular weight is 335 g/mol. The van der Waals surface area contributed by atoms with Crippen LogP contribution in [0, 0.1) is 0 Å². The number of rotatable bonds is 2. The third-order valence-electron chi connectivity index (χ3n) is 3.52. The minimum Gasteiger partial charge on any atom is -0.497 e. The van der Waals surface area contributed by atoms with E-state index in [2.05, 4.69) is 15.9 Å². The third kappa shape index (κ3) is 2.53. The van der Waals surface area contributed by atoms with Crippen molar-refractivity contribution >= 4 is 15.9 Å². The first-order valence-electron chi connectivity index (χ1n) is 6.45. The molecule has 4 heteroatoms. The Labute approximate surface area is 126 Å². The molecule has 1 aliphatic rings. The SMILES string of the molecule is COc1ccc(C2C[C@@H](O)c3cc(Br)ccc3O2)cc1. The van der Waals surface area contributed by atoms with E-state index in [4.69, 9.17) is 9.47 Å². The topological polar surface area (TPSA) is 38.7 Å². The van der Waals surface area contributed by atoms with Crippen LogP contribution in [0.2, 0.25) is 0 Å². The first-order chi connectivity index (χ1) is 9.67. The van der Waals surface area contributed by atoms with Gasteiger partial charge in [-0.05, 0) is 35.9 Å². The summed E-state index contributed by atoms with van der Waals surface area (Å²) in [5, 5.41) is 10.3. The number of ether oxygens (including phenoxy) is 2. The van der Waals surface area contributed by atoms with Crippen molar-refractivity contribution in [2.24, 2.45) is 0 Å². The van der Waals surface area contributed by atoms with Crippen molar-refractivity contribution in [3.8, 4) is 11.5 Å². The molecule has 1 aliphatic heterocycles. The lowest BCUT2D eigenvalue weighted by atomic mass is 9.95. The monoisotopic (exact) mass is 334 g/mol. The van der Waals surface area contributed by atoms with E-state index in [0.29, 0.717) is 6.42 Å². The lowest BCUT2D eigenvalue weighted by Gasteiger charge is -2.30. The Morgan fingerprint density at radius 1 is 1.20 bits per heavy atom. The Bertz CT molecular complexity index is 610. The molecule has 3 nitrogen and oxygen atoms in total. The van der Waals surface area contributed by atoms with Crippen LogP contribution in [-0.4, -0.2) is 12.2 Å². The van der Waals surface area contributed by atoms with Crippen LogP contribution < -0.4 is 9.47 Å². The van der Waals surface area contributed by atoms with Crippen LogP contribution in [-0.2, 0) is 0 Å². The largest absolute Gasteiger partial charge is 0.497 e. The molecule has 1 N–H and O–H groups in total. The Morgan fingerprint density at radius 2 is 1.95 bits per heavy atom. The van der Waals surface area contributed by atoms with Crippen LogP contribution in [0.15, 0.2) is 46.9 Å². The van der Waals surface area contributed by atoms with Gasteiger partial charge in [-0.2, -0.15) is 0 Å². The molecule has 2 aromatic rings. The van der Waals surface area contributed by atoms with Gasteiger partial charge in [-0.1, -0.05) is 28.1 Å². The maximum atomic E-state index is 10.3. The van der Waals surface area contributed by atoms with Gasteiger partial charge < -0.3 is 14.6 Å². The second-order valence-corrected chi connectivity index (χ2v) is 5.73. The second kappa shape index (κ2) is 5.46. The molecule has 1 heterocycles. The van der Waals surface area contributed by atoms with Crippen LogP contribution >= 0.6 is 15.9 Å². The first kappa shape index (κ1) is 13.5. The van der Waals surface area contributed by atoms with Crippen molar-refractivity contribution in [1.29, 1.82) is 0 Å². The van der Waals surface area contributed by atoms with E-state index >= 15 is 0 Å². The van der Waals surface area contributed by atoms with Gasteiger partial charge in [0.25, 0.3) is 0 Å². The Kier molecular flexibility index (Phi) is 3.68. The molecule has 0 bridgehead atoms. The van der Waals surface area contributed by atoms with Crippen molar-refractivity contribution in [2.75, 3.05) is 7.11 Å².